The fourth-order valence-electron chi connectivity index (χ4n) is 4.33. The fourth-order valence-corrected chi connectivity index (χ4v) is 4.63. The molecule has 5 rings (SSSR count). The predicted molar refractivity (Wildman–Crippen MR) is 133 cm³/mol. The third-order valence-corrected chi connectivity index (χ3v) is 7.00. The summed E-state index contributed by atoms with van der Waals surface area (Å²) in [5.74, 6) is -0.952. The van der Waals surface area contributed by atoms with Gasteiger partial charge in [-0.15, -0.1) is 0 Å². The molecule has 3 aromatic rings. The molecule has 1 saturated heterocycles. The first-order chi connectivity index (χ1) is 16.3. The third-order valence-electron chi connectivity index (χ3n) is 6.26. The van der Waals surface area contributed by atoms with Crippen LogP contribution in [-0.4, -0.2) is 48.8 Å². The van der Waals surface area contributed by atoms with Crippen molar-refractivity contribution in [2.75, 3.05) is 36.0 Å². The van der Waals surface area contributed by atoms with Gasteiger partial charge >= 0.3 is 0 Å². The second-order valence-electron chi connectivity index (χ2n) is 8.42. The second-order valence-corrected chi connectivity index (χ2v) is 9.23. The van der Waals surface area contributed by atoms with Crippen molar-refractivity contribution in [1.82, 2.24) is 4.90 Å². The molecule has 2 aliphatic rings. The van der Waals surface area contributed by atoms with Crippen LogP contribution in [-0.2, 0) is 0 Å². The van der Waals surface area contributed by atoms with Gasteiger partial charge in [-0.05, 0) is 55.5 Å². The molecule has 0 spiro atoms. The molecule has 0 unspecified atom stereocenters. The number of halogens is 2. The van der Waals surface area contributed by atoms with Crippen molar-refractivity contribution in [3.63, 3.8) is 0 Å². The minimum Gasteiger partial charge on any atom is -0.368 e. The summed E-state index contributed by atoms with van der Waals surface area (Å²) in [6, 6.07) is 17.4. The third kappa shape index (κ3) is 3.93. The molecule has 0 bridgehead atoms. The first-order valence-electron chi connectivity index (χ1n) is 10.9. The van der Waals surface area contributed by atoms with Crippen LogP contribution in [0.1, 0.15) is 36.6 Å². The lowest BCUT2D eigenvalue weighted by atomic mass is 10.0. The van der Waals surface area contributed by atoms with Gasteiger partial charge in [0.25, 0.3) is 17.7 Å². The maximum Gasteiger partial charge on any atom is 0.266 e. The number of nitrogens with zero attached hydrogens (tertiary/aromatic N) is 3. The molecule has 34 heavy (non-hydrogen) atoms. The topological polar surface area (TPSA) is 60.9 Å². The van der Waals surface area contributed by atoms with E-state index in [1.165, 1.54) is 6.07 Å². The molecule has 0 saturated carbocycles. The van der Waals surface area contributed by atoms with Crippen LogP contribution in [0.5, 0.6) is 0 Å². The Labute approximate surface area is 207 Å². The molecular formula is C26H21Cl2N3O3. The highest BCUT2D eigenvalue weighted by molar-refractivity contribution is 6.42. The molecular weight excluding hydrogens is 473 g/mol. The number of carbonyl (C=O) groups excluding carboxylic acids is 3. The zero-order valence-corrected chi connectivity index (χ0v) is 19.9. The van der Waals surface area contributed by atoms with Gasteiger partial charge in [0.2, 0.25) is 0 Å². The van der Waals surface area contributed by atoms with Gasteiger partial charge in [-0.2, -0.15) is 0 Å². The summed E-state index contributed by atoms with van der Waals surface area (Å²) in [5.41, 5.74) is 3.47. The van der Waals surface area contributed by atoms with Crippen molar-refractivity contribution in [3.8, 4) is 0 Å². The van der Waals surface area contributed by atoms with E-state index < -0.39 is 5.91 Å². The number of piperazine rings is 1. The highest BCUT2D eigenvalue weighted by Crippen LogP contribution is 2.30. The maximum absolute atomic E-state index is 13.2. The molecule has 2 heterocycles. The Morgan fingerprint density at radius 1 is 0.735 bits per heavy atom. The summed E-state index contributed by atoms with van der Waals surface area (Å²) in [6.45, 7) is 4.28. The van der Waals surface area contributed by atoms with E-state index >= 15 is 0 Å². The number of imide groups is 1. The molecule has 6 nitrogen and oxygen atoms in total. The van der Waals surface area contributed by atoms with Crippen molar-refractivity contribution in [2.45, 2.75) is 6.92 Å². The largest absolute Gasteiger partial charge is 0.368 e. The Hall–Kier alpha value is -3.35. The van der Waals surface area contributed by atoms with Crippen LogP contribution in [0.15, 0.2) is 60.7 Å². The number of rotatable bonds is 3. The van der Waals surface area contributed by atoms with Crippen LogP contribution in [0.2, 0.25) is 10.0 Å². The number of fused-ring (bicyclic) bond motifs is 1. The van der Waals surface area contributed by atoms with Gasteiger partial charge in [-0.1, -0.05) is 40.9 Å². The van der Waals surface area contributed by atoms with Gasteiger partial charge in [-0.3, -0.25) is 14.4 Å². The lowest BCUT2D eigenvalue weighted by Gasteiger charge is -2.36. The molecule has 0 radical (unpaired) electrons. The Morgan fingerprint density at radius 2 is 1.38 bits per heavy atom. The van der Waals surface area contributed by atoms with E-state index in [1.807, 2.05) is 31.2 Å². The summed E-state index contributed by atoms with van der Waals surface area (Å²) in [5, 5.41) is 1.000. The summed E-state index contributed by atoms with van der Waals surface area (Å²) in [6.07, 6.45) is 0. The minimum absolute atomic E-state index is 0.161. The summed E-state index contributed by atoms with van der Waals surface area (Å²) < 4.78 is 0. The quantitative estimate of drug-likeness (QED) is 0.478. The van der Waals surface area contributed by atoms with E-state index in [1.54, 1.807) is 35.2 Å². The number of carbonyl (C=O) groups is 3. The Bertz CT molecular complexity index is 1320. The van der Waals surface area contributed by atoms with Crippen LogP contribution < -0.4 is 9.80 Å². The van der Waals surface area contributed by atoms with Gasteiger partial charge in [0, 0.05) is 37.4 Å². The van der Waals surface area contributed by atoms with Crippen LogP contribution in [0.4, 0.5) is 11.4 Å². The highest BCUT2D eigenvalue weighted by Gasteiger charge is 2.37. The van der Waals surface area contributed by atoms with Gasteiger partial charge < -0.3 is 9.80 Å². The summed E-state index contributed by atoms with van der Waals surface area (Å²) >= 11 is 12.1. The van der Waals surface area contributed by atoms with Crippen molar-refractivity contribution < 1.29 is 14.4 Å². The van der Waals surface area contributed by atoms with Gasteiger partial charge in [0.15, 0.2) is 0 Å². The molecule has 1 fully saturated rings. The lowest BCUT2D eigenvalue weighted by Crippen LogP contribution is -2.48. The van der Waals surface area contributed by atoms with E-state index in [9.17, 15) is 14.4 Å². The van der Waals surface area contributed by atoms with Crippen LogP contribution in [0, 0.1) is 6.92 Å². The molecule has 3 aromatic carbocycles. The van der Waals surface area contributed by atoms with Crippen LogP contribution >= 0.6 is 23.2 Å². The first kappa shape index (κ1) is 22.4. The average molecular weight is 494 g/mol. The molecule has 2 aliphatic heterocycles. The van der Waals surface area contributed by atoms with E-state index in [-0.39, 0.29) is 17.4 Å². The smallest absolute Gasteiger partial charge is 0.266 e. The number of hydrogen-bond acceptors (Lipinski definition) is 4. The molecule has 0 aliphatic carbocycles. The van der Waals surface area contributed by atoms with E-state index in [4.69, 9.17) is 23.2 Å². The monoisotopic (exact) mass is 493 g/mol. The van der Waals surface area contributed by atoms with Crippen LogP contribution in [0.3, 0.4) is 0 Å². The number of benzene rings is 3. The van der Waals surface area contributed by atoms with Gasteiger partial charge in [0.05, 0.1) is 26.9 Å². The summed E-state index contributed by atoms with van der Waals surface area (Å²) in [7, 11) is 0. The van der Waals surface area contributed by atoms with E-state index in [0.29, 0.717) is 53.0 Å². The van der Waals surface area contributed by atoms with Crippen molar-refractivity contribution in [1.29, 1.82) is 0 Å². The molecule has 8 heteroatoms. The molecule has 3 amide bonds. The molecule has 0 N–H and O–H groups in total. The summed E-state index contributed by atoms with van der Waals surface area (Å²) in [4.78, 5) is 44.2. The minimum atomic E-state index is -0.414. The van der Waals surface area contributed by atoms with E-state index in [2.05, 4.69) is 4.90 Å². The molecule has 0 atom stereocenters. The molecule has 0 aromatic heterocycles. The standard InChI is InChI=1S/C26H21Cl2N3O3/c1-16-2-5-18(6-3-16)31-25(33)20-8-4-17(14-21(20)26(31)34)24(32)30-12-10-29(11-13-30)19-7-9-22(27)23(28)15-19/h2-9,14-15H,10-13H2,1H3. The fraction of sp³-hybridized carbons (Fsp3) is 0.192. The average Bonchev–Trinajstić information content (AvgIpc) is 3.10. The van der Waals surface area contributed by atoms with Gasteiger partial charge in [0.1, 0.15) is 0 Å². The zero-order valence-electron chi connectivity index (χ0n) is 18.4. The van der Waals surface area contributed by atoms with Crippen molar-refractivity contribution in [3.05, 3.63) is 93.0 Å². The SMILES string of the molecule is Cc1ccc(N2C(=O)c3ccc(C(=O)N4CCN(c5ccc(Cl)c(Cl)c5)CC4)cc3C2=O)cc1. The number of amides is 3. The molecule has 172 valence electrons. The Kier molecular flexibility index (Phi) is 5.80. The maximum atomic E-state index is 13.2. The number of hydrogen-bond donors (Lipinski definition) is 0. The zero-order chi connectivity index (χ0) is 24.0. The number of aryl methyl sites for hydroxylation is 1. The lowest BCUT2D eigenvalue weighted by molar-refractivity contribution is 0.0746. The number of anilines is 2. The Balaban J connectivity index is 1.31. The highest BCUT2D eigenvalue weighted by atomic mass is 35.5. The van der Waals surface area contributed by atoms with E-state index in [0.717, 1.165) is 16.2 Å². The Morgan fingerprint density at radius 3 is 2.06 bits per heavy atom. The first-order valence-corrected chi connectivity index (χ1v) is 11.7. The predicted octanol–water partition coefficient (Wildman–Crippen LogP) is 5.06. The normalized spacial score (nSPS) is 15.7. The second kappa shape index (κ2) is 8.78. The van der Waals surface area contributed by atoms with Crippen LogP contribution in [0.25, 0.3) is 0 Å². The van der Waals surface area contributed by atoms with Gasteiger partial charge in [-0.25, -0.2) is 4.90 Å². The van der Waals surface area contributed by atoms with Crippen molar-refractivity contribution in [2.24, 2.45) is 0 Å². The van der Waals surface area contributed by atoms with Crippen molar-refractivity contribution >= 4 is 52.3 Å².